The molecule has 34 heavy (non-hydrogen) atoms. The number of benzene rings is 2. The van der Waals surface area contributed by atoms with Gasteiger partial charge in [-0.25, -0.2) is 14.2 Å². The number of nitrogens with one attached hydrogen (secondary N) is 3. The van der Waals surface area contributed by atoms with Crippen LogP contribution in [0.25, 0.3) is 0 Å². The number of aromatic nitrogens is 1. The van der Waals surface area contributed by atoms with Gasteiger partial charge in [-0.15, -0.1) is 11.3 Å². The van der Waals surface area contributed by atoms with Crippen molar-refractivity contribution >= 4 is 28.4 Å². The van der Waals surface area contributed by atoms with E-state index in [0.717, 1.165) is 5.75 Å². The van der Waals surface area contributed by atoms with Crippen molar-refractivity contribution in [3.63, 3.8) is 0 Å². The molecule has 0 fully saturated rings. The Labute approximate surface area is 201 Å². The molecule has 1 atom stereocenters. The largest absolute Gasteiger partial charge is 0.491 e. The Hall–Kier alpha value is -3.50. The molecule has 1 heterocycles. The summed E-state index contributed by atoms with van der Waals surface area (Å²) < 4.78 is 24.4. The number of hydrogen-bond acceptors (Lipinski definition) is 6. The van der Waals surface area contributed by atoms with Crippen LogP contribution in [0, 0.1) is 5.82 Å². The zero-order valence-electron chi connectivity index (χ0n) is 18.8. The van der Waals surface area contributed by atoms with E-state index in [1.807, 2.05) is 37.3 Å². The lowest BCUT2D eigenvalue weighted by molar-refractivity contribution is -0.133. The number of rotatable bonds is 12. The Morgan fingerprint density at radius 2 is 1.88 bits per heavy atom. The van der Waals surface area contributed by atoms with Crippen LogP contribution in [-0.2, 0) is 22.6 Å². The highest BCUT2D eigenvalue weighted by atomic mass is 32.1. The summed E-state index contributed by atoms with van der Waals surface area (Å²) >= 11 is 1.24. The van der Waals surface area contributed by atoms with E-state index in [1.165, 1.54) is 23.5 Å². The number of carbonyl (C=O) groups is 2. The Morgan fingerprint density at radius 3 is 2.65 bits per heavy atom. The lowest BCUT2D eigenvalue weighted by Gasteiger charge is -2.16. The second kappa shape index (κ2) is 13.3. The molecular formula is C24H27FN4O4S. The Balaban J connectivity index is 1.36. The first-order chi connectivity index (χ1) is 16.5. The summed E-state index contributed by atoms with van der Waals surface area (Å²) in [4.78, 5) is 28.8. The first-order valence-electron chi connectivity index (χ1n) is 10.8. The van der Waals surface area contributed by atoms with Gasteiger partial charge < -0.3 is 20.1 Å². The summed E-state index contributed by atoms with van der Waals surface area (Å²) in [5.74, 6) is 0.152. The highest BCUT2D eigenvalue weighted by molar-refractivity contribution is 7.13. The third kappa shape index (κ3) is 8.45. The van der Waals surface area contributed by atoms with E-state index in [1.54, 1.807) is 17.5 Å². The van der Waals surface area contributed by atoms with Gasteiger partial charge in [-0.1, -0.05) is 37.3 Å². The molecule has 3 aromatic rings. The van der Waals surface area contributed by atoms with Crippen LogP contribution < -0.4 is 20.7 Å². The van der Waals surface area contributed by atoms with Crippen molar-refractivity contribution in [1.29, 1.82) is 0 Å². The van der Waals surface area contributed by atoms with Crippen LogP contribution in [0.3, 0.4) is 0 Å². The molecule has 0 aliphatic heterocycles. The van der Waals surface area contributed by atoms with Crippen molar-refractivity contribution in [3.05, 3.63) is 77.1 Å². The molecule has 1 aromatic heterocycles. The van der Waals surface area contributed by atoms with Crippen LogP contribution in [-0.4, -0.2) is 36.2 Å². The molecule has 2 aromatic carbocycles. The first kappa shape index (κ1) is 25.1. The number of thiazole rings is 1. The lowest BCUT2D eigenvalue weighted by Crippen LogP contribution is -2.36. The topological polar surface area (TPSA) is 102 Å². The van der Waals surface area contributed by atoms with E-state index in [9.17, 15) is 14.0 Å². The predicted octanol–water partition coefficient (Wildman–Crippen LogP) is 4.09. The Bertz CT molecular complexity index is 1060. The maximum absolute atomic E-state index is 13.2. The van der Waals surface area contributed by atoms with Crippen LogP contribution >= 0.6 is 11.3 Å². The average Bonchev–Trinajstić information content (AvgIpc) is 3.29. The fourth-order valence-electron chi connectivity index (χ4n) is 2.95. The number of ether oxygens (including phenoxy) is 2. The highest BCUT2D eigenvalue weighted by Gasteiger charge is 2.17. The summed E-state index contributed by atoms with van der Waals surface area (Å²) in [6.07, 6.45) is -0.0730. The smallest absolute Gasteiger partial charge is 0.321 e. The van der Waals surface area contributed by atoms with Crippen molar-refractivity contribution in [1.82, 2.24) is 15.6 Å². The van der Waals surface area contributed by atoms with Gasteiger partial charge in [-0.3, -0.25) is 10.1 Å². The molecule has 3 rings (SSSR count). The van der Waals surface area contributed by atoms with Crippen LogP contribution in [0.4, 0.5) is 14.3 Å². The average molecular weight is 487 g/mol. The normalized spacial score (nSPS) is 11.5. The van der Waals surface area contributed by atoms with Crippen molar-refractivity contribution in [2.75, 3.05) is 18.5 Å². The van der Waals surface area contributed by atoms with Gasteiger partial charge in [0.2, 0.25) is 5.91 Å². The number of para-hydroxylation sites is 1. The molecule has 0 aliphatic carbocycles. The summed E-state index contributed by atoms with van der Waals surface area (Å²) in [5, 5.41) is 10.2. The van der Waals surface area contributed by atoms with Gasteiger partial charge in [0.1, 0.15) is 24.3 Å². The number of anilines is 1. The van der Waals surface area contributed by atoms with Gasteiger partial charge in [0, 0.05) is 11.9 Å². The van der Waals surface area contributed by atoms with E-state index >= 15 is 0 Å². The van der Waals surface area contributed by atoms with Crippen LogP contribution in [0.2, 0.25) is 0 Å². The molecule has 3 amide bonds. The van der Waals surface area contributed by atoms with E-state index in [4.69, 9.17) is 9.47 Å². The minimum absolute atomic E-state index is 0.187. The van der Waals surface area contributed by atoms with Crippen molar-refractivity contribution in [2.45, 2.75) is 32.5 Å². The molecule has 1 unspecified atom stereocenters. The van der Waals surface area contributed by atoms with E-state index in [0.29, 0.717) is 29.4 Å². The fourth-order valence-corrected chi connectivity index (χ4v) is 3.66. The molecule has 0 bridgehead atoms. The molecule has 0 aliphatic rings. The molecule has 0 saturated carbocycles. The van der Waals surface area contributed by atoms with Gasteiger partial charge in [0.05, 0.1) is 18.8 Å². The standard InChI is InChI=1S/C24H27FN4O4S/c1-2-21(33-12-11-32-20-9-4-3-5-10-20)22(30)26-15-19-16-34-24(28-19)29-23(31)27-14-17-7-6-8-18(25)13-17/h3-10,13,16,21H,2,11-12,14-15H2,1H3,(H,26,30)(H2,27,28,29,31). The molecule has 3 N–H and O–H groups in total. The van der Waals surface area contributed by atoms with Crippen LogP contribution in [0.1, 0.15) is 24.6 Å². The van der Waals surface area contributed by atoms with Crippen LogP contribution in [0.5, 0.6) is 5.75 Å². The molecule has 0 saturated heterocycles. The first-order valence-corrected chi connectivity index (χ1v) is 11.7. The molecule has 0 radical (unpaired) electrons. The number of halogens is 1. The van der Waals surface area contributed by atoms with Gasteiger partial charge >= 0.3 is 6.03 Å². The SMILES string of the molecule is CCC(OCCOc1ccccc1)C(=O)NCc1csc(NC(=O)NCc2cccc(F)c2)n1. The molecule has 0 spiro atoms. The number of hydrogen-bond donors (Lipinski definition) is 3. The monoisotopic (exact) mass is 486 g/mol. The van der Waals surface area contributed by atoms with Crippen LogP contribution in [0.15, 0.2) is 60.0 Å². The number of nitrogens with zero attached hydrogens (tertiary/aromatic N) is 1. The summed E-state index contributed by atoms with van der Waals surface area (Å²) in [6.45, 7) is 2.90. The zero-order valence-corrected chi connectivity index (χ0v) is 19.6. The minimum Gasteiger partial charge on any atom is -0.491 e. The third-order valence-electron chi connectivity index (χ3n) is 4.64. The summed E-state index contributed by atoms with van der Waals surface area (Å²) in [7, 11) is 0. The summed E-state index contributed by atoms with van der Waals surface area (Å²) in [5.41, 5.74) is 1.26. The molecule has 180 valence electrons. The van der Waals surface area contributed by atoms with Gasteiger partial charge in [-0.05, 0) is 36.2 Å². The second-order valence-corrected chi connectivity index (χ2v) is 8.09. The number of urea groups is 1. The van der Waals surface area contributed by atoms with Gasteiger partial charge in [0.15, 0.2) is 5.13 Å². The van der Waals surface area contributed by atoms with Crippen molar-refractivity contribution in [3.8, 4) is 5.75 Å². The van der Waals surface area contributed by atoms with Crippen molar-refractivity contribution in [2.24, 2.45) is 0 Å². The second-order valence-electron chi connectivity index (χ2n) is 7.23. The predicted molar refractivity (Wildman–Crippen MR) is 128 cm³/mol. The summed E-state index contributed by atoms with van der Waals surface area (Å²) in [6, 6.07) is 14.9. The van der Waals surface area contributed by atoms with Gasteiger partial charge in [-0.2, -0.15) is 0 Å². The maximum atomic E-state index is 13.2. The molecule has 8 nitrogen and oxygen atoms in total. The minimum atomic E-state index is -0.593. The Morgan fingerprint density at radius 1 is 1.06 bits per heavy atom. The van der Waals surface area contributed by atoms with E-state index in [-0.39, 0.29) is 31.4 Å². The zero-order chi connectivity index (χ0) is 24.2. The maximum Gasteiger partial charge on any atom is 0.321 e. The molecular weight excluding hydrogens is 459 g/mol. The quantitative estimate of drug-likeness (QED) is 0.335. The third-order valence-corrected chi connectivity index (χ3v) is 5.44. The molecule has 10 heteroatoms. The fraction of sp³-hybridized carbons (Fsp3) is 0.292. The van der Waals surface area contributed by atoms with Crippen molar-refractivity contribution < 1.29 is 23.5 Å². The number of amides is 3. The van der Waals surface area contributed by atoms with E-state index in [2.05, 4.69) is 20.9 Å². The number of carbonyl (C=O) groups excluding carboxylic acids is 2. The van der Waals surface area contributed by atoms with Gasteiger partial charge in [0.25, 0.3) is 0 Å². The Kier molecular flexibility index (Phi) is 9.80. The lowest BCUT2D eigenvalue weighted by atomic mass is 10.2. The van der Waals surface area contributed by atoms with E-state index < -0.39 is 12.1 Å². The highest BCUT2D eigenvalue weighted by Crippen LogP contribution is 2.15.